The summed E-state index contributed by atoms with van der Waals surface area (Å²) in [7, 11) is 0. The highest BCUT2D eigenvalue weighted by atomic mass is 79.9. The van der Waals surface area contributed by atoms with Crippen molar-refractivity contribution in [3.63, 3.8) is 0 Å². The summed E-state index contributed by atoms with van der Waals surface area (Å²) in [5.74, 6) is 0.799. The third kappa shape index (κ3) is 3.81. The van der Waals surface area contributed by atoms with Crippen LogP contribution in [0.5, 0.6) is 0 Å². The molecule has 1 aliphatic heterocycles. The van der Waals surface area contributed by atoms with Crippen LogP contribution in [0.15, 0.2) is 51.1 Å². The number of anilines is 1. The Morgan fingerprint density at radius 1 is 1.19 bits per heavy atom. The number of nitrogens with zero attached hydrogens (tertiary/aromatic N) is 3. The lowest BCUT2D eigenvalue weighted by atomic mass is 10.0. The molecule has 3 aromatic rings. The van der Waals surface area contributed by atoms with Gasteiger partial charge in [-0.1, -0.05) is 0 Å². The van der Waals surface area contributed by atoms with Crippen molar-refractivity contribution in [2.75, 3.05) is 18.4 Å². The molecule has 1 amide bonds. The predicted molar refractivity (Wildman–Crippen MR) is 104 cm³/mol. The molecule has 134 valence electrons. The minimum atomic E-state index is 0.0310. The number of nitrogens with one attached hydrogen (secondary N) is 1. The molecule has 0 unspecified atom stereocenters. The number of furan rings is 1. The summed E-state index contributed by atoms with van der Waals surface area (Å²) in [6.07, 6.45) is 4.78. The van der Waals surface area contributed by atoms with Crippen LogP contribution in [0.1, 0.15) is 23.2 Å². The van der Waals surface area contributed by atoms with E-state index in [0.29, 0.717) is 11.6 Å². The van der Waals surface area contributed by atoms with E-state index in [9.17, 15) is 4.79 Å². The number of aromatic nitrogens is 2. The van der Waals surface area contributed by atoms with Crippen molar-refractivity contribution in [1.82, 2.24) is 15.1 Å². The highest BCUT2D eigenvalue weighted by Crippen LogP contribution is 2.30. The Hall–Kier alpha value is -2.19. The summed E-state index contributed by atoms with van der Waals surface area (Å²) >= 11 is 5.10. The van der Waals surface area contributed by atoms with Crippen LogP contribution in [0.4, 0.5) is 5.82 Å². The van der Waals surface area contributed by atoms with Crippen LogP contribution in [-0.2, 0) is 0 Å². The maximum absolute atomic E-state index is 12.3. The van der Waals surface area contributed by atoms with Gasteiger partial charge in [0.25, 0.3) is 5.91 Å². The predicted octanol–water partition coefficient (Wildman–Crippen LogP) is 4.28. The van der Waals surface area contributed by atoms with Crippen molar-refractivity contribution in [2.45, 2.75) is 18.9 Å². The van der Waals surface area contributed by atoms with E-state index in [2.05, 4.69) is 31.4 Å². The molecule has 1 aliphatic rings. The molecule has 0 bridgehead atoms. The topological polar surface area (TPSA) is 71.3 Å². The summed E-state index contributed by atoms with van der Waals surface area (Å²) in [6, 6.07) is 9.96. The van der Waals surface area contributed by atoms with Gasteiger partial charge in [0, 0.05) is 19.1 Å². The number of rotatable bonds is 4. The molecule has 1 fully saturated rings. The quantitative estimate of drug-likeness (QED) is 0.665. The van der Waals surface area contributed by atoms with E-state index in [1.165, 1.54) is 12.5 Å². The zero-order valence-corrected chi connectivity index (χ0v) is 16.3. The Morgan fingerprint density at radius 3 is 2.65 bits per heavy atom. The monoisotopic (exact) mass is 432 g/mol. The van der Waals surface area contributed by atoms with E-state index in [-0.39, 0.29) is 5.91 Å². The maximum atomic E-state index is 12.3. The van der Waals surface area contributed by atoms with E-state index < -0.39 is 0 Å². The molecule has 0 aromatic carbocycles. The summed E-state index contributed by atoms with van der Waals surface area (Å²) in [6.45, 7) is 1.44. The molecule has 0 saturated carbocycles. The van der Waals surface area contributed by atoms with Crippen LogP contribution in [0.25, 0.3) is 10.6 Å². The van der Waals surface area contributed by atoms with E-state index in [1.54, 1.807) is 17.4 Å². The molecule has 8 heteroatoms. The number of carbonyl (C=O) groups is 1. The second kappa shape index (κ2) is 7.59. The summed E-state index contributed by atoms with van der Waals surface area (Å²) in [4.78, 5) is 15.3. The van der Waals surface area contributed by atoms with Crippen molar-refractivity contribution in [3.05, 3.63) is 52.2 Å². The SMILES string of the molecule is O=C(c1ccoc1)N1CCC(Nc2ccc(-c3ccc(Br)s3)nn2)CC1. The van der Waals surface area contributed by atoms with Gasteiger partial charge in [0.15, 0.2) is 0 Å². The summed E-state index contributed by atoms with van der Waals surface area (Å²) in [5, 5.41) is 12.0. The highest BCUT2D eigenvalue weighted by Gasteiger charge is 2.24. The van der Waals surface area contributed by atoms with Crippen LogP contribution in [-0.4, -0.2) is 40.1 Å². The number of hydrogen-bond acceptors (Lipinski definition) is 6. The largest absolute Gasteiger partial charge is 0.472 e. The number of carbonyl (C=O) groups excluding carboxylic acids is 1. The van der Waals surface area contributed by atoms with E-state index >= 15 is 0 Å². The maximum Gasteiger partial charge on any atom is 0.257 e. The lowest BCUT2D eigenvalue weighted by Gasteiger charge is -2.32. The Kier molecular flexibility index (Phi) is 5.03. The first-order chi connectivity index (χ1) is 12.7. The lowest BCUT2D eigenvalue weighted by Crippen LogP contribution is -2.42. The Bertz CT molecular complexity index is 871. The first-order valence-corrected chi connectivity index (χ1v) is 9.97. The Morgan fingerprint density at radius 2 is 2.04 bits per heavy atom. The van der Waals surface area contributed by atoms with Gasteiger partial charge in [-0.3, -0.25) is 4.79 Å². The van der Waals surface area contributed by atoms with Crippen LogP contribution in [0.3, 0.4) is 0 Å². The molecule has 4 heterocycles. The fourth-order valence-electron chi connectivity index (χ4n) is 3.00. The molecule has 1 saturated heterocycles. The van der Waals surface area contributed by atoms with Crippen LogP contribution in [0, 0.1) is 0 Å². The summed E-state index contributed by atoms with van der Waals surface area (Å²) < 4.78 is 6.07. The van der Waals surface area contributed by atoms with Gasteiger partial charge in [0.05, 0.1) is 20.5 Å². The molecular formula is C18H17BrN4O2S. The smallest absolute Gasteiger partial charge is 0.257 e. The Balaban J connectivity index is 1.32. The van der Waals surface area contributed by atoms with Gasteiger partial charge in [0.1, 0.15) is 17.8 Å². The highest BCUT2D eigenvalue weighted by molar-refractivity contribution is 9.11. The molecule has 4 rings (SSSR count). The first kappa shape index (κ1) is 17.2. The first-order valence-electron chi connectivity index (χ1n) is 8.36. The van der Waals surface area contributed by atoms with Gasteiger partial charge in [-0.2, -0.15) is 0 Å². The molecule has 1 N–H and O–H groups in total. The average molecular weight is 433 g/mol. The van der Waals surface area contributed by atoms with Gasteiger partial charge >= 0.3 is 0 Å². The van der Waals surface area contributed by atoms with Crippen molar-refractivity contribution in [1.29, 1.82) is 0 Å². The van der Waals surface area contributed by atoms with E-state index in [0.717, 1.165) is 46.1 Å². The van der Waals surface area contributed by atoms with E-state index in [4.69, 9.17) is 4.42 Å². The number of amides is 1. The molecule has 0 atom stereocenters. The third-order valence-corrected chi connectivity index (χ3v) is 6.04. The van der Waals surface area contributed by atoms with Gasteiger partial charge in [-0.15, -0.1) is 21.5 Å². The van der Waals surface area contributed by atoms with Crippen LogP contribution >= 0.6 is 27.3 Å². The van der Waals surface area contributed by atoms with Crippen LogP contribution in [0.2, 0.25) is 0 Å². The van der Waals surface area contributed by atoms with Crippen LogP contribution < -0.4 is 5.32 Å². The fourth-order valence-corrected chi connectivity index (χ4v) is 4.35. The van der Waals surface area contributed by atoms with E-state index in [1.807, 2.05) is 29.2 Å². The number of halogens is 1. The molecule has 0 aliphatic carbocycles. The van der Waals surface area contributed by atoms with Crippen molar-refractivity contribution in [2.24, 2.45) is 0 Å². The van der Waals surface area contributed by atoms with Gasteiger partial charge in [-0.25, -0.2) is 0 Å². The number of thiophene rings is 1. The second-order valence-electron chi connectivity index (χ2n) is 6.13. The molecular weight excluding hydrogens is 416 g/mol. The second-order valence-corrected chi connectivity index (χ2v) is 8.59. The standard InChI is InChI=1S/C18H17BrN4O2S/c19-16-3-2-15(26-16)14-1-4-17(22-21-14)20-13-5-8-23(9-6-13)18(24)12-7-10-25-11-12/h1-4,7,10-11,13H,5-6,8-9H2,(H,20,22). The van der Waals surface area contributed by atoms with Gasteiger partial charge in [-0.05, 0) is 59.1 Å². The number of likely N-dealkylation sites (tertiary alicyclic amines) is 1. The zero-order valence-electron chi connectivity index (χ0n) is 13.9. The zero-order chi connectivity index (χ0) is 17.9. The lowest BCUT2D eigenvalue weighted by molar-refractivity contribution is 0.0717. The normalized spacial score (nSPS) is 15.2. The molecule has 0 radical (unpaired) electrons. The summed E-state index contributed by atoms with van der Waals surface area (Å²) in [5.41, 5.74) is 1.48. The minimum absolute atomic E-state index is 0.0310. The molecule has 6 nitrogen and oxygen atoms in total. The Labute approximate surface area is 163 Å². The molecule has 3 aromatic heterocycles. The number of hydrogen-bond donors (Lipinski definition) is 1. The minimum Gasteiger partial charge on any atom is -0.472 e. The average Bonchev–Trinajstić information content (AvgIpc) is 3.34. The number of piperidine rings is 1. The van der Waals surface area contributed by atoms with Crippen molar-refractivity contribution >= 4 is 39.0 Å². The fraction of sp³-hybridized carbons (Fsp3) is 0.278. The molecule has 0 spiro atoms. The molecule has 26 heavy (non-hydrogen) atoms. The van der Waals surface area contributed by atoms with Crippen molar-refractivity contribution < 1.29 is 9.21 Å². The van der Waals surface area contributed by atoms with Crippen molar-refractivity contribution in [3.8, 4) is 10.6 Å². The van der Waals surface area contributed by atoms with Gasteiger partial charge in [0.2, 0.25) is 0 Å². The third-order valence-electron chi connectivity index (χ3n) is 4.39. The van der Waals surface area contributed by atoms with Gasteiger partial charge < -0.3 is 14.6 Å².